The molecular formula is C6H14N4. The second kappa shape index (κ2) is 3.20. The summed E-state index contributed by atoms with van der Waals surface area (Å²) in [6.07, 6.45) is 0. The molecule has 0 aliphatic heterocycles. The van der Waals surface area contributed by atoms with Gasteiger partial charge in [0.05, 0.1) is 5.84 Å². The maximum Gasteiger partial charge on any atom is 0.198 e. The fourth-order valence-electron chi connectivity index (χ4n) is 0.459. The molecule has 0 aliphatic rings. The van der Waals surface area contributed by atoms with Crippen molar-refractivity contribution < 1.29 is 0 Å². The molecule has 0 radical (unpaired) electrons. The molecule has 0 saturated heterocycles. The van der Waals surface area contributed by atoms with Crippen LogP contribution in [-0.2, 0) is 0 Å². The third-order valence-electron chi connectivity index (χ3n) is 1.24. The fourth-order valence-corrected chi connectivity index (χ4v) is 0.459. The molecule has 0 fully saturated rings. The third-order valence-corrected chi connectivity index (χ3v) is 1.24. The van der Waals surface area contributed by atoms with Crippen LogP contribution in [0.25, 0.3) is 0 Å². The van der Waals surface area contributed by atoms with E-state index < -0.39 is 0 Å². The van der Waals surface area contributed by atoms with E-state index in [1.165, 1.54) is 4.90 Å². The van der Waals surface area contributed by atoms with Crippen LogP contribution < -0.4 is 0 Å². The lowest BCUT2D eigenvalue weighted by Gasteiger charge is -2.23. The standard InChI is InChI=1S/C6H14N4/c1-5(7)10(4)6(8)9(2)3/h7-8H,1-4H3. The van der Waals surface area contributed by atoms with Crippen molar-refractivity contribution >= 4 is 11.8 Å². The number of hydrogen-bond acceptors (Lipinski definition) is 2. The zero-order valence-electron chi connectivity index (χ0n) is 6.89. The van der Waals surface area contributed by atoms with E-state index in [0.717, 1.165) is 0 Å². The molecule has 0 heterocycles. The van der Waals surface area contributed by atoms with Gasteiger partial charge in [-0.25, -0.2) is 0 Å². The van der Waals surface area contributed by atoms with E-state index in [9.17, 15) is 0 Å². The van der Waals surface area contributed by atoms with Crippen molar-refractivity contribution in [2.24, 2.45) is 0 Å². The van der Waals surface area contributed by atoms with Crippen LogP contribution in [0.4, 0.5) is 0 Å². The van der Waals surface area contributed by atoms with E-state index in [0.29, 0.717) is 11.8 Å². The average molecular weight is 142 g/mol. The Morgan fingerprint density at radius 2 is 1.50 bits per heavy atom. The molecule has 2 N–H and O–H groups in total. The van der Waals surface area contributed by atoms with E-state index in [2.05, 4.69) is 0 Å². The molecule has 0 aromatic rings. The minimum atomic E-state index is 0.326. The van der Waals surface area contributed by atoms with E-state index in [1.54, 1.807) is 33.0 Å². The van der Waals surface area contributed by atoms with Gasteiger partial charge in [0.15, 0.2) is 5.96 Å². The van der Waals surface area contributed by atoms with Crippen molar-refractivity contribution in [3.8, 4) is 0 Å². The Hall–Kier alpha value is -1.06. The monoisotopic (exact) mass is 142 g/mol. The zero-order valence-corrected chi connectivity index (χ0v) is 6.89. The number of guanidine groups is 1. The Balaban J connectivity index is 4.08. The molecule has 0 saturated carbocycles. The van der Waals surface area contributed by atoms with Gasteiger partial charge in [0.2, 0.25) is 0 Å². The average Bonchev–Trinajstić information content (AvgIpc) is 1.84. The Kier molecular flexibility index (Phi) is 2.86. The van der Waals surface area contributed by atoms with Crippen LogP contribution in [0.2, 0.25) is 0 Å². The predicted molar refractivity (Wildman–Crippen MR) is 42.6 cm³/mol. The molecule has 0 amide bonds. The Morgan fingerprint density at radius 1 is 1.10 bits per heavy atom. The maximum absolute atomic E-state index is 7.39. The predicted octanol–water partition coefficient (Wildman–Crippen LogP) is 0.412. The molecule has 0 aromatic heterocycles. The van der Waals surface area contributed by atoms with Crippen LogP contribution in [0.15, 0.2) is 0 Å². The van der Waals surface area contributed by atoms with Crippen molar-refractivity contribution in [3.05, 3.63) is 0 Å². The molecule has 0 rings (SSSR count). The zero-order chi connectivity index (χ0) is 8.31. The largest absolute Gasteiger partial charge is 0.349 e. The third kappa shape index (κ3) is 2.05. The van der Waals surface area contributed by atoms with E-state index in [4.69, 9.17) is 10.8 Å². The number of rotatable bonds is 0. The van der Waals surface area contributed by atoms with Gasteiger partial charge in [-0.1, -0.05) is 0 Å². The first kappa shape index (κ1) is 8.94. The van der Waals surface area contributed by atoms with Crippen LogP contribution in [0.1, 0.15) is 6.92 Å². The van der Waals surface area contributed by atoms with Gasteiger partial charge in [-0.2, -0.15) is 0 Å². The summed E-state index contributed by atoms with van der Waals surface area (Å²) in [6.45, 7) is 1.65. The van der Waals surface area contributed by atoms with E-state index >= 15 is 0 Å². The minimum absolute atomic E-state index is 0.326. The van der Waals surface area contributed by atoms with Gasteiger partial charge in [0.1, 0.15) is 0 Å². The normalized spacial score (nSPS) is 8.80. The molecule has 4 nitrogen and oxygen atoms in total. The first-order valence-corrected chi connectivity index (χ1v) is 3.01. The van der Waals surface area contributed by atoms with Gasteiger partial charge in [-0.3, -0.25) is 10.8 Å². The molecule has 0 aromatic carbocycles. The van der Waals surface area contributed by atoms with Crippen LogP contribution in [0, 0.1) is 10.8 Å². The SMILES string of the molecule is CC(=N)N(C)C(=N)N(C)C. The lowest BCUT2D eigenvalue weighted by molar-refractivity contribution is 0.523. The lowest BCUT2D eigenvalue weighted by Crippen LogP contribution is -2.39. The molecule has 0 bridgehead atoms. The highest BCUT2D eigenvalue weighted by Crippen LogP contribution is 1.88. The highest BCUT2D eigenvalue weighted by Gasteiger charge is 2.06. The Labute approximate surface area is 61.5 Å². The number of nitrogens with zero attached hydrogens (tertiary/aromatic N) is 2. The lowest BCUT2D eigenvalue weighted by atomic mass is 10.6. The smallest absolute Gasteiger partial charge is 0.198 e. The summed E-state index contributed by atoms with van der Waals surface area (Å²) in [7, 11) is 5.26. The Morgan fingerprint density at radius 3 is 1.60 bits per heavy atom. The van der Waals surface area contributed by atoms with Crippen molar-refractivity contribution in [1.29, 1.82) is 10.8 Å². The quantitative estimate of drug-likeness (QED) is 0.380. The van der Waals surface area contributed by atoms with Gasteiger partial charge in [-0.05, 0) is 6.92 Å². The van der Waals surface area contributed by atoms with Crippen molar-refractivity contribution in [2.75, 3.05) is 21.1 Å². The summed E-state index contributed by atoms with van der Waals surface area (Å²) < 4.78 is 0. The summed E-state index contributed by atoms with van der Waals surface area (Å²) in [4.78, 5) is 3.15. The van der Waals surface area contributed by atoms with E-state index in [1.807, 2.05) is 0 Å². The molecule has 4 heteroatoms. The van der Waals surface area contributed by atoms with Gasteiger partial charge in [0.25, 0.3) is 0 Å². The Bertz CT molecular complexity index is 150. The van der Waals surface area contributed by atoms with Crippen molar-refractivity contribution in [2.45, 2.75) is 6.92 Å². The first-order valence-electron chi connectivity index (χ1n) is 3.01. The summed E-state index contributed by atoms with van der Waals surface area (Å²) in [6, 6.07) is 0. The summed E-state index contributed by atoms with van der Waals surface area (Å²) in [5, 5.41) is 14.6. The topological polar surface area (TPSA) is 54.2 Å². The van der Waals surface area contributed by atoms with Crippen LogP contribution in [0.5, 0.6) is 0 Å². The van der Waals surface area contributed by atoms with Crippen LogP contribution in [-0.4, -0.2) is 42.7 Å². The number of amidine groups is 1. The molecule has 0 spiro atoms. The summed E-state index contributed by atoms with van der Waals surface area (Å²) in [5.74, 6) is 0.700. The molecule has 58 valence electrons. The number of hydrogen-bond donors (Lipinski definition) is 2. The highest BCUT2D eigenvalue weighted by atomic mass is 15.3. The number of nitrogens with one attached hydrogen (secondary N) is 2. The molecule has 0 atom stereocenters. The van der Waals surface area contributed by atoms with Gasteiger partial charge in [-0.15, -0.1) is 0 Å². The van der Waals surface area contributed by atoms with Crippen molar-refractivity contribution in [3.63, 3.8) is 0 Å². The van der Waals surface area contributed by atoms with Gasteiger partial charge in [0, 0.05) is 21.1 Å². The second-order valence-corrected chi connectivity index (χ2v) is 2.36. The molecular weight excluding hydrogens is 128 g/mol. The summed E-state index contributed by atoms with van der Waals surface area (Å²) in [5.41, 5.74) is 0. The van der Waals surface area contributed by atoms with Crippen molar-refractivity contribution in [1.82, 2.24) is 9.80 Å². The highest BCUT2D eigenvalue weighted by molar-refractivity contribution is 5.95. The maximum atomic E-state index is 7.39. The van der Waals surface area contributed by atoms with Crippen LogP contribution in [0.3, 0.4) is 0 Å². The molecule has 10 heavy (non-hydrogen) atoms. The fraction of sp³-hybridized carbons (Fsp3) is 0.667. The molecule has 0 aliphatic carbocycles. The van der Waals surface area contributed by atoms with Gasteiger partial charge >= 0.3 is 0 Å². The molecule has 0 unspecified atom stereocenters. The summed E-state index contributed by atoms with van der Waals surface area (Å²) >= 11 is 0. The first-order chi connectivity index (χ1) is 4.46. The minimum Gasteiger partial charge on any atom is -0.349 e. The van der Waals surface area contributed by atoms with Gasteiger partial charge < -0.3 is 9.80 Å². The van der Waals surface area contributed by atoms with Crippen LogP contribution >= 0.6 is 0 Å². The van der Waals surface area contributed by atoms with E-state index in [-0.39, 0.29) is 0 Å². The second-order valence-electron chi connectivity index (χ2n) is 2.36.